The number of benzene rings is 4. The zero-order valence-electron chi connectivity index (χ0n) is 21.7. The van der Waals surface area contributed by atoms with Crippen molar-refractivity contribution in [2.24, 2.45) is 4.99 Å². The Bertz CT molecular complexity index is 1710. The zero-order chi connectivity index (χ0) is 29.9. The smallest absolute Gasteiger partial charge is 0.416 e. The Morgan fingerprint density at radius 3 is 2.21 bits per heavy atom. The molecule has 0 unspecified atom stereocenters. The van der Waals surface area contributed by atoms with E-state index in [0.29, 0.717) is 39.1 Å². The van der Waals surface area contributed by atoms with E-state index in [0.717, 1.165) is 6.07 Å². The maximum absolute atomic E-state index is 13.5. The summed E-state index contributed by atoms with van der Waals surface area (Å²) in [4.78, 5) is 30.6. The van der Waals surface area contributed by atoms with Gasteiger partial charge in [-0.15, -0.1) is 0 Å². The summed E-state index contributed by atoms with van der Waals surface area (Å²) in [5.74, 6) is -0.503. The molecule has 212 valence electrons. The van der Waals surface area contributed by atoms with Gasteiger partial charge in [0.2, 0.25) is 5.75 Å². The number of thioether (sulfide) groups is 1. The molecular weight excluding hydrogens is 571 g/mol. The van der Waals surface area contributed by atoms with Crippen molar-refractivity contribution in [2.45, 2.75) is 6.18 Å². The van der Waals surface area contributed by atoms with E-state index in [-0.39, 0.29) is 23.2 Å². The number of amides is 1. The molecule has 0 atom stereocenters. The van der Waals surface area contributed by atoms with Gasteiger partial charge in [-0.1, -0.05) is 42.5 Å². The molecule has 0 aliphatic carbocycles. The first-order valence-corrected chi connectivity index (χ1v) is 13.1. The van der Waals surface area contributed by atoms with E-state index in [1.54, 1.807) is 30.3 Å². The molecule has 0 N–H and O–H groups in total. The number of anilines is 1. The minimum absolute atomic E-state index is 0.0325. The summed E-state index contributed by atoms with van der Waals surface area (Å²) in [5, 5.41) is 11.9. The van der Waals surface area contributed by atoms with Gasteiger partial charge in [-0.3, -0.25) is 19.8 Å². The number of nitro groups is 1. The van der Waals surface area contributed by atoms with Crippen LogP contribution in [0.4, 0.5) is 30.2 Å². The van der Waals surface area contributed by atoms with Crippen molar-refractivity contribution in [2.75, 3.05) is 12.0 Å². The molecule has 0 aromatic heterocycles. The van der Waals surface area contributed by atoms with Crippen LogP contribution >= 0.6 is 11.8 Å². The van der Waals surface area contributed by atoms with Crippen LogP contribution in [0.3, 0.4) is 0 Å². The van der Waals surface area contributed by atoms with Crippen LogP contribution in [0.25, 0.3) is 6.08 Å². The predicted octanol–water partition coefficient (Wildman–Crippen LogP) is 8.22. The van der Waals surface area contributed by atoms with Crippen LogP contribution in [0, 0.1) is 10.1 Å². The molecule has 1 aliphatic rings. The molecule has 12 heteroatoms. The molecule has 0 bridgehead atoms. The number of nitro benzene ring substituents is 1. The average molecular weight is 592 g/mol. The van der Waals surface area contributed by atoms with E-state index in [4.69, 9.17) is 9.47 Å². The summed E-state index contributed by atoms with van der Waals surface area (Å²) >= 11 is 1.19. The van der Waals surface area contributed by atoms with Gasteiger partial charge in [0.1, 0.15) is 0 Å². The van der Waals surface area contributed by atoms with E-state index >= 15 is 0 Å². The van der Waals surface area contributed by atoms with Crippen LogP contribution in [0.1, 0.15) is 11.1 Å². The molecule has 1 heterocycles. The Labute approximate surface area is 241 Å². The minimum Gasteiger partial charge on any atom is -0.493 e. The quantitative estimate of drug-likeness (QED) is 0.122. The van der Waals surface area contributed by atoms with Crippen LogP contribution in [0.5, 0.6) is 17.2 Å². The first kappa shape index (κ1) is 28.4. The normalized spacial score (nSPS) is 15.3. The summed E-state index contributed by atoms with van der Waals surface area (Å²) in [6.45, 7) is 0. The second-order valence-corrected chi connectivity index (χ2v) is 9.78. The van der Waals surface area contributed by atoms with Crippen molar-refractivity contribution in [3.05, 3.63) is 123 Å². The SMILES string of the molecule is COc1cc(/C=C2\SC(=Nc3ccccc3)N(c3ccccc3)C2=O)ccc1Oc1ccc(C(F)(F)F)cc1[N+](=O)[O-]. The Kier molecular flexibility index (Phi) is 7.98. The van der Waals surface area contributed by atoms with Crippen molar-refractivity contribution in [1.29, 1.82) is 0 Å². The third-order valence-electron chi connectivity index (χ3n) is 5.99. The first-order chi connectivity index (χ1) is 20.1. The van der Waals surface area contributed by atoms with Gasteiger partial charge < -0.3 is 9.47 Å². The molecule has 0 spiro atoms. The second kappa shape index (κ2) is 11.8. The van der Waals surface area contributed by atoms with Crippen molar-refractivity contribution >= 4 is 46.0 Å². The molecule has 4 aromatic rings. The number of para-hydroxylation sites is 2. The maximum Gasteiger partial charge on any atom is 0.416 e. The second-order valence-electron chi connectivity index (χ2n) is 8.77. The van der Waals surface area contributed by atoms with Gasteiger partial charge >= 0.3 is 11.9 Å². The highest BCUT2D eigenvalue weighted by atomic mass is 32.2. The summed E-state index contributed by atoms with van der Waals surface area (Å²) < 4.78 is 50.2. The van der Waals surface area contributed by atoms with Gasteiger partial charge in [-0.25, -0.2) is 4.99 Å². The van der Waals surface area contributed by atoms with Gasteiger partial charge in [-0.2, -0.15) is 13.2 Å². The lowest BCUT2D eigenvalue weighted by Gasteiger charge is -2.15. The summed E-state index contributed by atoms with van der Waals surface area (Å²) in [6.07, 6.45) is -3.11. The first-order valence-electron chi connectivity index (χ1n) is 12.3. The Hall–Kier alpha value is -5.10. The number of aliphatic imine (C=N–C) groups is 1. The standard InChI is InChI=1S/C30H20F3N3O5S/c1-40-26-16-19(12-14-25(26)41-24-15-13-20(30(31,32)33)18-23(24)36(38)39)17-27-28(37)35(22-10-6-3-7-11-22)29(42-27)34-21-8-4-2-5-9-21/h2-18H,1H3/b27-17-,34-29?. The zero-order valence-corrected chi connectivity index (χ0v) is 22.6. The molecule has 1 aliphatic heterocycles. The Morgan fingerprint density at radius 1 is 0.905 bits per heavy atom. The topological polar surface area (TPSA) is 94.3 Å². The number of nitrogens with zero attached hydrogens (tertiary/aromatic N) is 3. The monoisotopic (exact) mass is 591 g/mol. The molecule has 8 nitrogen and oxygen atoms in total. The van der Waals surface area contributed by atoms with Crippen molar-refractivity contribution < 1.29 is 32.4 Å². The van der Waals surface area contributed by atoms with Crippen LogP contribution < -0.4 is 14.4 Å². The number of methoxy groups -OCH3 is 1. The lowest BCUT2D eigenvalue weighted by atomic mass is 10.1. The molecule has 5 rings (SSSR count). The number of amidine groups is 1. The van der Waals surface area contributed by atoms with E-state index in [9.17, 15) is 28.1 Å². The Balaban J connectivity index is 1.47. The number of hydrogen-bond donors (Lipinski definition) is 0. The predicted molar refractivity (Wildman–Crippen MR) is 154 cm³/mol. The lowest BCUT2D eigenvalue weighted by Crippen LogP contribution is -2.28. The largest absolute Gasteiger partial charge is 0.493 e. The number of hydrogen-bond acceptors (Lipinski definition) is 7. The number of halogens is 3. The van der Waals surface area contributed by atoms with Gasteiger partial charge in [0.15, 0.2) is 16.7 Å². The number of carbonyl (C=O) groups excluding carboxylic acids is 1. The Morgan fingerprint density at radius 2 is 1.57 bits per heavy atom. The fourth-order valence-corrected chi connectivity index (χ4v) is 5.02. The van der Waals surface area contributed by atoms with Crippen LogP contribution in [-0.2, 0) is 11.0 Å². The van der Waals surface area contributed by atoms with E-state index in [1.807, 2.05) is 48.5 Å². The fraction of sp³-hybridized carbons (Fsp3) is 0.0667. The van der Waals surface area contributed by atoms with Crippen LogP contribution in [0.2, 0.25) is 0 Å². The van der Waals surface area contributed by atoms with E-state index < -0.39 is 22.4 Å². The average Bonchev–Trinajstić information content (AvgIpc) is 3.27. The molecule has 42 heavy (non-hydrogen) atoms. The highest BCUT2D eigenvalue weighted by Gasteiger charge is 2.35. The van der Waals surface area contributed by atoms with Gasteiger partial charge in [0.05, 0.1) is 33.9 Å². The minimum atomic E-state index is -4.76. The molecule has 4 aromatic carbocycles. The van der Waals surface area contributed by atoms with Crippen molar-refractivity contribution in [1.82, 2.24) is 0 Å². The highest BCUT2D eigenvalue weighted by molar-refractivity contribution is 8.19. The third kappa shape index (κ3) is 6.13. The van der Waals surface area contributed by atoms with Crippen molar-refractivity contribution in [3.63, 3.8) is 0 Å². The number of alkyl halides is 3. The fourth-order valence-electron chi connectivity index (χ4n) is 4.02. The summed E-state index contributed by atoms with van der Waals surface area (Å²) in [5.41, 5.74) is -0.153. The third-order valence-corrected chi connectivity index (χ3v) is 6.96. The van der Waals surface area contributed by atoms with Crippen LogP contribution in [0.15, 0.2) is 107 Å². The highest BCUT2D eigenvalue weighted by Crippen LogP contribution is 2.41. The van der Waals surface area contributed by atoms with Crippen LogP contribution in [-0.4, -0.2) is 23.1 Å². The molecule has 0 saturated carbocycles. The van der Waals surface area contributed by atoms with Crippen molar-refractivity contribution in [3.8, 4) is 17.2 Å². The summed E-state index contributed by atoms with van der Waals surface area (Å²) in [6, 6.07) is 24.9. The molecule has 1 amide bonds. The maximum atomic E-state index is 13.5. The summed E-state index contributed by atoms with van der Waals surface area (Å²) in [7, 11) is 1.34. The van der Waals surface area contributed by atoms with Gasteiger partial charge in [-0.05, 0) is 71.9 Å². The molecule has 1 fully saturated rings. The van der Waals surface area contributed by atoms with E-state index in [2.05, 4.69) is 4.99 Å². The molecule has 0 radical (unpaired) electrons. The molecule has 1 saturated heterocycles. The number of ether oxygens (including phenoxy) is 2. The number of carbonyl (C=O) groups is 1. The molecular formula is C30H20F3N3O5S. The number of rotatable bonds is 7. The lowest BCUT2D eigenvalue weighted by molar-refractivity contribution is -0.385. The van der Waals surface area contributed by atoms with E-state index in [1.165, 1.54) is 29.8 Å². The van der Waals surface area contributed by atoms with Gasteiger partial charge in [0, 0.05) is 6.07 Å². The van der Waals surface area contributed by atoms with Gasteiger partial charge in [0.25, 0.3) is 5.91 Å².